The molecule has 2 amide bonds. The molecule has 188 valence electrons. The zero-order valence-electron chi connectivity index (χ0n) is 20.7. The average Bonchev–Trinajstić information content (AvgIpc) is 3.12. The normalized spacial score (nSPS) is 42.6. The van der Waals surface area contributed by atoms with Crippen LogP contribution in [0.25, 0.3) is 0 Å². The first-order valence-corrected chi connectivity index (χ1v) is 13.0. The Morgan fingerprint density at radius 1 is 1.06 bits per heavy atom. The number of hydrogen-bond donors (Lipinski definition) is 2. The molecule has 4 nitrogen and oxygen atoms in total. The summed E-state index contributed by atoms with van der Waals surface area (Å²) in [6, 6.07) is -1.00. The Morgan fingerprint density at radius 3 is 2.39 bits per heavy atom. The molecule has 3 saturated carbocycles. The second-order valence-corrected chi connectivity index (χ2v) is 12.5. The van der Waals surface area contributed by atoms with Crippen LogP contribution in [0.5, 0.6) is 0 Å². The predicted molar refractivity (Wildman–Crippen MR) is 121 cm³/mol. The quantitative estimate of drug-likeness (QED) is 0.536. The zero-order valence-corrected chi connectivity index (χ0v) is 20.7. The van der Waals surface area contributed by atoms with Crippen LogP contribution in [0.3, 0.4) is 0 Å². The molecule has 7 heteroatoms. The van der Waals surface area contributed by atoms with Crippen LogP contribution in [0.4, 0.5) is 13.2 Å². The topological polar surface area (TPSA) is 58.2 Å². The predicted octanol–water partition coefficient (Wildman–Crippen LogP) is 5.46. The van der Waals surface area contributed by atoms with Crippen LogP contribution >= 0.6 is 0 Å². The lowest BCUT2D eigenvalue weighted by Crippen LogP contribution is -2.65. The smallest absolute Gasteiger partial charge is 0.352 e. The molecular weight excluding hydrogens is 429 g/mol. The number of alkyl halides is 3. The second kappa shape index (κ2) is 8.44. The number of piperidine rings is 1. The number of carbonyl (C=O) groups is 2. The van der Waals surface area contributed by atoms with Crippen molar-refractivity contribution in [2.45, 2.75) is 104 Å². The molecule has 2 N–H and O–H groups in total. The third kappa shape index (κ3) is 4.20. The second-order valence-electron chi connectivity index (χ2n) is 12.5. The van der Waals surface area contributed by atoms with Gasteiger partial charge in [-0.3, -0.25) is 9.59 Å². The van der Waals surface area contributed by atoms with Crippen molar-refractivity contribution in [1.29, 1.82) is 0 Å². The summed E-state index contributed by atoms with van der Waals surface area (Å²) in [6.45, 7) is 9.14. The highest BCUT2D eigenvalue weighted by Gasteiger charge is 2.60. The number of carbonyl (C=O) groups excluding carboxylic acids is 2. The highest BCUT2D eigenvalue weighted by atomic mass is 19.4. The Hall–Kier alpha value is -1.27. The van der Waals surface area contributed by atoms with E-state index in [4.69, 9.17) is 0 Å². The zero-order chi connectivity index (χ0) is 24.3. The molecule has 0 bridgehead atoms. The average molecular weight is 471 g/mol. The first-order valence-electron chi connectivity index (χ1n) is 13.0. The van der Waals surface area contributed by atoms with Crippen molar-refractivity contribution < 1.29 is 22.8 Å². The summed E-state index contributed by atoms with van der Waals surface area (Å²) in [5.74, 6) is -2.06. The van der Waals surface area contributed by atoms with E-state index < -0.39 is 35.9 Å². The number of nitrogens with one attached hydrogen (secondary N) is 2. The van der Waals surface area contributed by atoms with E-state index in [0.717, 1.165) is 32.1 Å². The highest BCUT2D eigenvalue weighted by molar-refractivity contribution is 6.01. The van der Waals surface area contributed by atoms with Gasteiger partial charge in [0.1, 0.15) is 5.92 Å². The number of rotatable bonds is 4. The Balaban J connectivity index is 1.53. The maximum Gasteiger partial charge on any atom is 0.393 e. The molecule has 0 spiro atoms. The van der Waals surface area contributed by atoms with Crippen molar-refractivity contribution in [2.75, 3.05) is 0 Å². The van der Waals surface area contributed by atoms with E-state index in [1.807, 2.05) is 0 Å². The van der Waals surface area contributed by atoms with Gasteiger partial charge in [0.05, 0.1) is 5.92 Å². The summed E-state index contributed by atoms with van der Waals surface area (Å²) < 4.78 is 40.2. The number of fused-ring (bicyclic) bond motifs is 5. The third-order valence-corrected chi connectivity index (χ3v) is 10.3. The molecule has 1 aliphatic heterocycles. The summed E-state index contributed by atoms with van der Waals surface area (Å²) in [7, 11) is 0. The lowest BCUT2D eigenvalue weighted by atomic mass is 9.47. The minimum absolute atomic E-state index is 0.0519. The number of halogens is 3. The van der Waals surface area contributed by atoms with Crippen LogP contribution in [0.15, 0.2) is 0 Å². The van der Waals surface area contributed by atoms with E-state index >= 15 is 0 Å². The van der Waals surface area contributed by atoms with E-state index in [0.29, 0.717) is 23.7 Å². The minimum atomic E-state index is -4.40. The van der Waals surface area contributed by atoms with Crippen LogP contribution in [-0.2, 0) is 9.59 Å². The Morgan fingerprint density at radius 2 is 1.76 bits per heavy atom. The number of amides is 2. The van der Waals surface area contributed by atoms with Gasteiger partial charge in [-0.2, -0.15) is 13.2 Å². The molecule has 0 aromatic carbocycles. The van der Waals surface area contributed by atoms with E-state index in [9.17, 15) is 22.8 Å². The van der Waals surface area contributed by atoms with Gasteiger partial charge < -0.3 is 10.6 Å². The fourth-order valence-corrected chi connectivity index (χ4v) is 8.33. The molecule has 4 fully saturated rings. The molecule has 4 rings (SSSR count). The van der Waals surface area contributed by atoms with Crippen LogP contribution in [0.2, 0.25) is 0 Å². The molecular formula is C26H41F3N2O2. The van der Waals surface area contributed by atoms with E-state index in [1.165, 1.54) is 25.7 Å². The molecule has 4 unspecified atom stereocenters. The summed E-state index contributed by atoms with van der Waals surface area (Å²) in [5.41, 5.74) is 0.239. The first kappa shape index (κ1) is 24.8. The van der Waals surface area contributed by atoms with Crippen molar-refractivity contribution in [2.24, 2.45) is 46.3 Å². The summed E-state index contributed by atoms with van der Waals surface area (Å²) in [5, 5.41) is 5.76. The van der Waals surface area contributed by atoms with Gasteiger partial charge in [0.25, 0.3) is 0 Å². The third-order valence-electron chi connectivity index (χ3n) is 10.3. The number of hydrogen-bond acceptors (Lipinski definition) is 2. The van der Waals surface area contributed by atoms with E-state index in [1.54, 1.807) is 13.8 Å². The van der Waals surface area contributed by atoms with Crippen LogP contribution in [-0.4, -0.2) is 30.1 Å². The SMILES string of the molecule is CC(C)C(NC(=O)C1C[C@@]2(C)C(CC[C@@H]3[C@H]2CC[C@]2(C)CCC[C@@H]32)NC1=O)C(C)C(F)(F)F. The molecule has 9 atom stereocenters. The molecule has 3 aliphatic carbocycles. The molecule has 1 heterocycles. The summed E-state index contributed by atoms with van der Waals surface area (Å²) in [6.07, 6.45) is 4.28. The van der Waals surface area contributed by atoms with Gasteiger partial charge in [-0.1, -0.05) is 41.0 Å². The monoisotopic (exact) mass is 470 g/mol. The first-order chi connectivity index (χ1) is 15.3. The van der Waals surface area contributed by atoms with Crippen molar-refractivity contribution in [3.05, 3.63) is 0 Å². The Kier molecular flexibility index (Phi) is 6.35. The van der Waals surface area contributed by atoms with Gasteiger partial charge in [0.2, 0.25) is 11.8 Å². The van der Waals surface area contributed by atoms with E-state index in [-0.39, 0.29) is 17.4 Å². The van der Waals surface area contributed by atoms with Gasteiger partial charge in [0, 0.05) is 12.1 Å². The lowest BCUT2D eigenvalue weighted by Gasteiger charge is -2.60. The van der Waals surface area contributed by atoms with Gasteiger partial charge in [-0.25, -0.2) is 0 Å². The Bertz CT molecular complexity index is 784. The van der Waals surface area contributed by atoms with Crippen LogP contribution in [0, 0.1) is 46.3 Å². The van der Waals surface area contributed by atoms with Crippen molar-refractivity contribution in [3.8, 4) is 0 Å². The van der Waals surface area contributed by atoms with Gasteiger partial charge in [-0.15, -0.1) is 0 Å². The largest absolute Gasteiger partial charge is 0.393 e. The Labute approximate surface area is 196 Å². The highest BCUT2D eigenvalue weighted by Crippen LogP contribution is 2.64. The molecule has 0 aromatic rings. The maximum atomic E-state index is 13.4. The van der Waals surface area contributed by atoms with Gasteiger partial charge in [0.15, 0.2) is 0 Å². The molecule has 0 radical (unpaired) electrons. The van der Waals surface area contributed by atoms with Crippen molar-refractivity contribution >= 4 is 11.8 Å². The van der Waals surface area contributed by atoms with Crippen molar-refractivity contribution in [3.63, 3.8) is 0 Å². The summed E-state index contributed by atoms with van der Waals surface area (Å²) in [4.78, 5) is 26.2. The van der Waals surface area contributed by atoms with Crippen LogP contribution < -0.4 is 10.6 Å². The summed E-state index contributed by atoms with van der Waals surface area (Å²) >= 11 is 0. The molecule has 1 saturated heterocycles. The van der Waals surface area contributed by atoms with Crippen molar-refractivity contribution in [1.82, 2.24) is 10.6 Å². The minimum Gasteiger partial charge on any atom is -0.352 e. The van der Waals surface area contributed by atoms with Crippen LogP contribution in [0.1, 0.15) is 86.0 Å². The standard InChI is InChI=1S/C26H41F3N2O2/c1-14(2)21(15(3)26(27,28)29)31-23(33)17-13-25(5)19-10-12-24(4)11-6-7-18(24)16(19)8-9-20(25)30-22(17)32/h14-21H,6-13H2,1-5H3,(H,30,32)(H,31,33)/t15?,16-,17?,18-,19+,20?,21?,24-,25+/m0/s1. The van der Waals surface area contributed by atoms with Gasteiger partial charge in [-0.05, 0) is 79.4 Å². The molecule has 33 heavy (non-hydrogen) atoms. The molecule has 0 aromatic heterocycles. The maximum absolute atomic E-state index is 13.4. The fraction of sp³-hybridized carbons (Fsp3) is 0.923. The lowest BCUT2D eigenvalue weighted by molar-refractivity contribution is -0.181. The fourth-order valence-electron chi connectivity index (χ4n) is 8.33. The van der Waals surface area contributed by atoms with E-state index in [2.05, 4.69) is 24.5 Å². The molecule has 4 aliphatic rings. The van der Waals surface area contributed by atoms with Gasteiger partial charge >= 0.3 is 6.18 Å².